The first kappa shape index (κ1) is 22.9. The molecule has 0 fully saturated rings. The van der Waals surface area contributed by atoms with Gasteiger partial charge in [-0.3, -0.25) is 14.3 Å². The molecule has 3 N–H and O–H groups in total. The van der Waals surface area contributed by atoms with E-state index in [0.29, 0.717) is 16.7 Å². The zero-order valence-corrected chi connectivity index (χ0v) is 19.2. The van der Waals surface area contributed by atoms with Gasteiger partial charge in [-0.2, -0.15) is 0 Å². The fourth-order valence-electron chi connectivity index (χ4n) is 3.68. The first-order chi connectivity index (χ1) is 16.4. The second-order valence-electron chi connectivity index (χ2n) is 7.70. The molecule has 0 aliphatic carbocycles. The predicted octanol–water partition coefficient (Wildman–Crippen LogP) is 3.97. The summed E-state index contributed by atoms with van der Waals surface area (Å²) in [6.45, 7) is 1.54. The molecule has 2 heterocycles. The van der Waals surface area contributed by atoms with E-state index in [4.69, 9.17) is 11.6 Å². The number of benzene rings is 3. The number of rotatable bonds is 4. The van der Waals surface area contributed by atoms with Crippen LogP contribution in [0.3, 0.4) is 0 Å². The maximum Gasteiger partial charge on any atom is 0.586 e. The topological polar surface area (TPSA) is 130 Å². The Morgan fingerprint density at radius 3 is 2.26 bits per heavy atom. The summed E-state index contributed by atoms with van der Waals surface area (Å²) in [5, 5.41) is 0.146. The van der Waals surface area contributed by atoms with Crippen molar-refractivity contribution in [3.8, 4) is 22.6 Å². The first-order valence-corrected chi connectivity index (χ1v) is 11.8. The van der Waals surface area contributed by atoms with E-state index >= 15 is 0 Å². The summed E-state index contributed by atoms with van der Waals surface area (Å²) in [6, 6.07) is 11.2. The van der Waals surface area contributed by atoms with Crippen LogP contribution in [0.1, 0.15) is 5.56 Å². The van der Waals surface area contributed by atoms with Crippen molar-refractivity contribution >= 4 is 38.3 Å². The zero-order valence-electron chi connectivity index (χ0n) is 17.6. The Kier molecular flexibility index (Phi) is 5.11. The largest absolute Gasteiger partial charge is 0.586 e. The normalized spacial score (nSPS) is 14.3. The average molecular weight is 522 g/mol. The van der Waals surface area contributed by atoms with Gasteiger partial charge in [0.2, 0.25) is 0 Å². The molecule has 0 amide bonds. The summed E-state index contributed by atoms with van der Waals surface area (Å²) in [4.78, 5) is 27.7. The molecule has 1 aromatic heterocycles. The number of ether oxygens (including phenoxy) is 2. The highest BCUT2D eigenvalue weighted by Crippen LogP contribution is 2.44. The van der Waals surface area contributed by atoms with E-state index in [1.807, 2.05) is 0 Å². The second-order valence-corrected chi connectivity index (χ2v) is 9.76. The molecule has 0 unspecified atom stereocenters. The number of hydrogen-bond donors (Lipinski definition) is 3. The Morgan fingerprint density at radius 1 is 0.914 bits per heavy atom. The predicted molar refractivity (Wildman–Crippen MR) is 124 cm³/mol. The van der Waals surface area contributed by atoms with Gasteiger partial charge in [-0.15, -0.1) is 8.78 Å². The highest BCUT2D eigenvalue weighted by atomic mass is 35.5. The zero-order chi connectivity index (χ0) is 25.1. The molecule has 0 saturated carbocycles. The lowest BCUT2D eigenvalue weighted by molar-refractivity contribution is -0.286. The van der Waals surface area contributed by atoms with Crippen LogP contribution in [-0.2, 0) is 10.0 Å². The lowest BCUT2D eigenvalue weighted by Crippen LogP contribution is -2.29. The lowest BCUT2D eigenvalue weighted by Gasteiger charge is -2.13. The SMILES string of the molecule is Cc1cc2[nH]c(=O)c(=O)[nH]c2cc1S(=O)(=O)Nc1ccc(-c2ccc3c(c2)OC(F)(F)O3)c(Cl)c1. The second kappa shape index (κ2) is 7.82. The maximum atomic E-state index is 13.3. The van der Waals surface area contributed by atoms with E-state index < -0.39 is 27.4 Å². The van der Waals surface area contributed by atoms with Crippen molar-refractivity contribution in [3.05, 3.63) is 79.8 Å². The number of H-pyrrole nitrogens is 2. The molecule has 1 aliphatic rings. The monoisotopic (exact) mass is 521 g/mol. The van der Waals surface area contributed by atoms with E-state index in [-0.39, 0.29) is 38.1 Å². The summed E-state index contributed by atoms with van der Waals surface area (Å²) >= 11 is 6.36. The molecule has 9 nitrogen and oxygen atoms in total. The van der Waals surface area contributed by atoms with Gasteiger partial charge in [-0.25, -0.2) is 8.42 Å². The molecular weight excluding hydrogens is 508 g/mol. The van der Waals surface area contributed by atoms with Gasteiger partial charge < -0.3 is 19.4 Å². The number of anilines is 1. The Hall–Kier alpha value is -3.90. The first-order valence-electron chi connectivity index (χ1n) is 9.91. The molecule has 35 heavy (non-hydrogen) atoms. The Labute approximate surface area is 200 Å². The Bertz CT molecular complexity index is 1750. The third kappa shape index (κ3) is 4.21. The molecule has 13 heteroatoms. The number of sulfonamides is 1. The van der Waals surface area contributed by atoms with Gasteiger partial charge in [-0.05, 0) is 54.4 Å². The Balaban J connectivity index is 1.46. The number of halogens is 3. The number of fused-ring (bicyclic) bond motifs is 2. The molecule has 0 spiro atoms. The molecule has 180 valence electrons. The number of aromatic amines is 2. The molecule has 0 atom stereocenters. The van der Waals surface area contributed by atoms with E-state index in [9.17, 15) is 26.8 Å². The number of alkyl halides is 2. The van der Waals surface area contributed by atoms with Crippen molar-refractivity contribution in [3.63, 3.8) is 0 Å². The van der Waals surface area contributed by atoms with Crippen LogP contribution in [0, 0.1) is 6.92 Å². The van der Waals surface area contributed by atoms with Crippen LogP contribution < -0.4 is 25.3 Å². The minimum atomic E-state index is -4.12. The molecule has 4 aromatic rings. The third-order valence-electron chi connectivity index (χ3n) is 5.24. The van der Waals surface area contributed by atoms with E-state index in [0.717, 1.165) is 0 Å². The van der Waals surface area contributed by atoms with Crippen molar-refractivity contribution in [2.45, 2.75) is 18.1 Å². The highest BCUT2D eigenvalue weighted by molar-refractivity contribution is 7.92. The van der Waals surface area contributed by atoms with Gasteiger partial charge in [0.1, 0.15) is 0 Å². The van der Waals surface area contributed by atoms with Gasteiger partial charge in [-0.1, -0.05) is 23.7 Å². The van der Waals surface area contributed by atoms with Crippen LogP contribution in [0.5, 0.6) is 11.5 Å². The van der Waals surface area contributed by atoms with Gasteiger partial charge in [0.25, 0.3) is 10.0 Å². The van der Waals surface area contributed by atoms with Crippen molar-refractivity contribution in [2.24, 2.45) is 0 Å². The van der Waals surface area contributed by atoms with Crippen molar-refractivity contribution in [1.29, 1.82) is 0 Å². The number of aryl methyl sites for hydroxylation is 1. The molecule has 0 radical (unpaired) electrons. The van der Waals surface area contributed by atoms with Gasteiger partial charge in [0, 0.05) is 5.56 Å². The van der Waals surface area contributed by atoms with Crippen LogP contribution in [0.25, 0.3) is 22.2 Å². The average Bonchev–Trinajstić information content (AvgIpc) is 3.07. The van der Waals surface area contributed by atoms with Crippen LogP contribution >= 0.6 is 11.6 Å². The van der Waals surface area contributed by atoms with Gasteiger partial charge in [0.05, 0.1) is 26.6 Å². The molecule has 0 saturated heterocycles. The minimum absolute atomic E-state index is 0.115. The van der Waals surface area contributed by atoms with Crippen LogP contribution in [-0.4, -0.2) is 24.7 Å². The van der Waals surface area contributed by atoms with E-state index in [1.165, 1.54) is 55.5 Å². The van der Waals surface area contributed by atoms with E-state index in [1.54, 1.807) is 0 Å². The molecule has 0 bridgehead atoms. The summed E-state index contributed by atoms with van der Waals surface area (Å²) in [5.41, 5.74) is 0.0200. The smallest absolute Gasteiger partial charge is 0.395 e. The number of aromatic nitrogens is 2. The maximum absolute atomic E-state index is 13.3. The van der Waals surface area contributed by atoms with Gasteiger partial charge >= 0.3 is 17.4 Å². The summed E-state index contributed by atoms with van der Waals surface area (Å²) in [6.07, 6.45) is -3.75. The quantitative estimate of drug-likeness (QED) is 0.348. The van der Waals surface area contributed by atoms with Crippen LogP contribution in [0.4, 0.5) is 14.5 Å². The summed E-state index contributed by atoms with van der Waals surface area (Å²) in [7, 11) is -4.12. The summed E-state index contributed by atoms with van der Waals surface area (Å²) < 4.78 is 63.9. The standard InChI is InChI=1S/C22H14ClF2N3O6S/c1-10-6-15-16(27-21(30)20(29)26-15)9-19(10)35(31,32)28-12-3-4-13(14(23)8-12)11-2-5-17-18(7-11)34-22(24,25)33-17/h2-9,28H,1H3,(H,26,29)(H,27,30). The number of nitrogens with one attached hydrogen (secondary N) is 3. The molecule has 5 rings (SSSR count). The molecular formula is C22H14ClF2N3O6S. The summed E-state index contributed by atoms with van der Waals surface area (Å²) in [5.74, 6) is -0.269. The van der Waals surface area contributed by atoms with Crippen LogP contribution in [0.15, 0.2) is 63.0 Å². The number of hydrogen-bond acceptors (Lipinski definition) is 6. The fourth-order valence-corrected chi connectivity index (χ4v) is 5.27. The highest BCUT2D eigenvalue weighted by Gasteiger charge is 2.43. The lowest BCUT2D eigenvalue weighted by atomic mass is 10.0. The fraction of sp³-hybridized carbons (Fsp3) is 0.0909. The minimum Gasteiger partial charge on any atom is -0.395 e. The molecule has 3 aromatic carbocycles. The van der Waals surface area contributed by atoms with Gasteiger partial charge in [0.15, 0.2) is 11.5 Å². The van der Waals surface area contributed by atoms with Crippen molar-refractivity contribution in [2.75, 3.05) is 4.72 Å². The molecule has 1 aliphatic heterocycles. The van der Waals surface area contributed by atoms with Crippen LogP contribution in [0.2, 0.25) is 5.02 Å². The van der Waals surface area contributed by atoms with Crippen molar-refractivity contribution < 1.29 is 26.7 Å². The van der Waals surface area contributed by atoms with E-state index in [2.05, 4.69) is 24.2 Å². The van der Waals surface area contributed by atoms with Crippen molar-refractivity contribution in [1.82, 2.24) is 9.97 Å². The Morgan fingerprint density at radius 2 is 1.57 bits per heavy atom. The third-order valence-corrected chi connectivity index (χ3v) is 7.08.